The van der Waals surface area contributed by atoms with Crippen LogP contribution in [0.15, 0.2) is 53.4 Å². The van der Waals surface area contributed by atoms with Gasteiger partial charge in [0.2, 0.25) is 10.0 Å². The number of nitrogens with one attached hydrogen (secondary N) is 3. The maximum Gasteiger partial charge on any atom is 0.471 e. The zero-order valence-electron chi connectivity index (χ0n) is 21.2. The molecule has 0 fully saturated rings. The Kier molecular flexibility index (Phi) is 9.56. The lowest BCUT2D eigenvalue weighted by molar-refractivity contribution is -0.186. The second kappa shape index (κ2) is 12.5. The molecule has 1 heterocycles. The summed E-state index contributed by atoms with van der Waals surface area (Å²) in [6.45, 7) is 2.94. The molecule has 3 amide bonds. The largest absolute Gasteiger partial charge is 0.471 e. The molecule has 0 saturated heterocycles. The maximum atomic E-state index is 13.1. The lowest BCUT2D eigenvalue weighted by Crippen LogP contribution is -2.52. The average molecular weight is 571 g/mol. The number of amides is 3. The molecule has 1 atom stereocenters. The lowest BCUT2D eigenvalue weighted by atomic mass is 10.00. The molecule has 10 nitrogen and oxygen atoms in total. The van der Waals surface area contributed by atoms with Crippen molar-refractivity contribution >= 4 is 27.9 Å². The first kappa shape index (κ1) is 29.9. The Bertz CT molecular complexity index is 1300. The number of carbonyl (C=O) groups is 3. The van der Waals surface area contributed by atoms with Crippen molar-refractivity contribution in [3.63, 3.8) is 0 Å². The Morgan fingerprint density at radius 1 is 1.03 bits per heavy atom. The predicted octanol–water partition coefficient (Wildman–Crippen LogP) is 2.78. The van der Waals surface area contributed by atoms with Crippen molar-refractivity contribution in [2.24, 2.45) is 5.92 Å². The minimum absolute atomic E-state index is 0.0467. The van der Waals surface area contributed by atoms with E-state index in [1.165, 1.54) is 18.2 Å². The van der Waals surface area contributed by atoms with Crippen molar-refractivity contribution in [1.82, 2.24) is 20.5 Å². The van der Waals surface area contributed by atoms with Crippen molar-refractivity contribution < 1.29 is 40.7 Å². The van der Waals surface area contributed by atoms with E-state index in [-0.39, 0.29) is 42.4 Å². The summed E-state index contributed by atoms with van der Waals surface area (Å²) in [5.41, 5.74) is 5.82. The molecular formula is C25H29F3N4O6S. The molecule has 1 aliphatic rings. The van der Waals surface area contributed by atoms with Crippen molar-refractivity contribution in [2.45, 2.75) is 57.0 Å². The molecule has 2 aromatic carbocycles. The fraction of sp³-hybridized carbons (Fsp3) is 0.400. The third-order valence-corrected chi connectivity index (χ3v) is 7.32. The Labute approximate surface area is 223 Å². The minimum atomic E-state index is -5.04. The summed E-state index contributed by atoms with van der Waals surface area (Å²) in [6.07, 6.45) is -5.78. The van der Waals surface area contributed by atoms with Crippen LogP contribution in [0.3, 0.4) is 0 Å². The fourth-order valence-electron chi connectivity index (χ4n) is 3.95. The van der Waals surface area contributed by atoms with Gasteiger partial charge in [-0.15, -0.1) is 0 Å². The van der Waals surface area contributed by atoms with E-state index in [1.807, 2.05) is 0 Å². The molecule has 14 heteroatoms. The molecule has 212 valence electrons. The number of hydrazine groups is 1. The highest BCUT2D eigenvalue weighted by atomic mass is 32.2. The van der Waals surface area contributed by atoms with Gasteiger partial charge in [0, 0.05) is 13.1 Å². The van der Waals surface area contributed by atoms with E-state index in [1.54, 1.807) is 44.2 Å². The second-order valence-corrected chi connectivity index (χ2v) is 11.1. The topological polar surface area (TPSA) is 134 Å². The predicted molar refractivity (Wildman–Crippen MR) is 133 cm³/mol. The summed E-state index contributed by atoms with van der Waals surface area (Å²) < 4.78 is 72.1. The molecule has 0 saturated carbocycles. The number of alkyl halides is 3. The number of hydrogen-bond donors (Lipinski definition) is 3. The van der Waals surface area contributed by atoms with E-state index in [4.69, 9.17) is 4.74 Å². The van der Waals surface area contributed by atoms with Crippen LogP contribution in [0.1, 0.15) is 37.0 Å². The minimum Gasteiger partial charge on any atom is -0.443 e. The summed E-state index contributed by atoms with van der Waals surface area (Å²) in [7, 11) is -4.32. The van der Waals surface area contributed by atoms with Crippen molar-refractivity contribution in [3.05, 3.63) is 65.2 Å². The van der Waals surface area contributed by atoms with Crippen LogP contribution in [-0.4, -0.2) is 50.0 Å². The zero-order valence-corrected chi connectivity index (χ0v) is 22.1. The van der Waals surface area contributed by atoms with Gasteiger partial charge in [-0.3, -0.25) is 15.0 Å². The number of ether oxygens (including phenoxy) is 1. The maximum absolute atomic E-state index is 13.1. The van der Waals surface area contributed by atoms with Gasteiger partial charge in [0.1, 0.15) is 12.6 Å². The summed E-state index contributed by atoms with van der Waals surface area (Å²) in [5, 5.41) is 0. The summed E-state index contributed by atoms with van der Waals surface area (Å²) in [5.74, 6) is -2.97. The van der Waals surface area contributed by atoms with Crippen LogP contribution in [0.4, 0.5) is 18.0 Å². The van der Waals surface area contributed by atoms with E-state index in [0.717, 1.165) is 5.56 Å². The summed E-state index contributed by atoms with van der Waals surface area (Å²) in [6, 6.07) is 11.5. The third kappa shape index (κ3) is 8.42. The van der Waals surface area contributed by atoms with Crippen LogP contribution in [0.2, 0.25) is 0 Å². The second-order valence-electron chi connectivity index (χ2n) is 9.38. The Balaban J connectivity index is 1.67. The van der Waals surface area contributed by atoms with Crippen molar-refractivity contribution in [1.29, 1.82) is 0 Å². The first-order valence-electron chi connectivity index (χ1n) is 12.0. The van der Waals surface area contributed by atoms with Crippen LogP contribution in [0, 0.1) is 5.92 Å². The highest BCUT2D eigenvalue weighted by Gasteiger charge is 2.43. The number of hydrogen-bond acceptors (Lipinski definition) is 6. The van der Waals surface area contributed by atoms with Crippen LogP contribution in [0.25, 0.3) is 0 Å². The summed E-state index contributed by atoms with van der Waals surface area (Å²) in [4.78, 5) is 36.7. The number of nitrogens with zero attached hydrogens (tertiary/aromatic N) is 1. The molecule has 3 N–H and O–H groups in total. The van der Waals surface area contributed by atoms with Gasteiger partial charge in [-0.05, 0) is 47.6 Å². The van der Waals surface area contributed by atoms with E-state index in [2.05, 4.69) is 15.6 Å². The van der Waals surface area contributed by atoms with E-state index in [9.17, 15) is 36.0 Å². The van der Waals surface area contributed by atoms with Crippen molar-refractivity contribution in [3.8, 4) is 0 Å². The Hall–Kier alpha value is -3.65. The van der Waals surface area contributed by atoms with Crippen molar-refractivity contribution in [2.75, 3.05) is 6.54 Å². The lowest BCUT2D eigenvalue weighted by Gasteiger charge is -2.29. The van der Waals surface area contributed by atoms with Gasteiger partial charge < -0.3 is 9.64 Å². The SMILES string of the molecule is CC(C)CC(NS(=O)(=O)c1ccc2c(c1)CN(C(=O)C(F)(F)F)CC2)C(=O)NNC(=O)OCc1ccccc1. The third-order valence-electron chi connectivity index (χ3n) is 5.85. The molecule has 0 radical (unpaired) electrons. The molecule has 39 heavy (non-hydrogen) atoms. The van der Waals surface area contributed by atoms with Crippen LogP contribution >= 0.6 is 0 Å². The van der Waals surface area contributed by atoms with Gasteiger partial charge in [0.25, 0.3) is 5.91 Å². The van der Waals surface area contributed by atoms with Crippen LogP contribution in [0.5, 0.6) is 0 Å². The molecular weight excluding hydrogens is 541 g/mol. The Morgan fingerprint density at radius 2 is 1.72 bits per heavy atom. The first-order chi connectivity index (χ1) is 18.3. The van der Waals surface area contributed by atoms with Crippen LogP contribution < -0.4 is 15.6 Å². The first-order valence-corrected chi connectivity index (χ1v) is 13.5. The normalized spacial score (nSPS) is 14.4. The number of sulfonamides is 1. The van der Waals surface area contributed by atoms with Gasteiger partial charge in [0.05, 0.1) is 4.90 Å². The van der Waals surface area contributed by atoms with Gasteiger partial charge in [-0.25, -0.2) is 18.6 Å². The van der Waals surface area contributed by atoms with E-state index >= 15 is 0 Å². The molecule has 1 unspecified atom stereocenters. The number of halogens is 3. The molecule has 1 aliphatic heterocycles. The Morgan fingerprint density at radius 3 is 2.36 bits per heavy atom. The summed E-state index contributed by atoms with van der Waals surface area (Å²) >= 11 is 0. The highest BCUT2D eigenvalue weighted by molar-refractivity contribution is 7.89. The standard InChI is InChI=1S/C25H29F3N4O6S/c1-16(2)12-21(22(33)29-30-24(35)38-15-17-6-4-3-5-7-17)31-39(36,37)20-9-8-18-10-11-32(14-19(18)13-20)23(34)25(26,27)28/h3-9,13,16,21,31H,10-12,14-15H2,1-2H3,(H,29,33)(H,30,35). The fourth-order valence-corrected chi connectivity index (χ4v) is 5.21. The quantitative estimate of drug-likeness (QED) is 0.418. The average Bonchev–Trinajstić information content (AvgIpc) is 2.88. The molecule has 2 aromatic rings. The van der Waals surface area contributed by atoms with E-state index in [0.29, 0.717) is 10.5 Å². The zero-order chi connectivity index (χ0) is 28.8. The smallest absolute Gasteiger partial charge is 0.443 e. The highest BCUT2D eigenvalue weighted by Crippen LogP contribution is 2.27. The molecule has 0 spiro atoms. The van der Waals surface area contributed by atoms with E-state index < -0.39 is 46.7 Å². The molecule has 0 bridgehead atoms. The van der Waals surface area contributed by atoms with Gasteiger partial charge in [-0.2, -0.15) is 17.9 Å². The number of rotatable bonds is 8. The molecule has 3 rings (SSSR count). The number of benzene rings is 2. The van der Waals surface area contributed by atoms with Gasteiger partial charge >= 0.3 is 18.2 Å². The van der Waals surface area contributed by atoms with Crippen LogP contribution in [-0.2, 0) is 43.9 Å². The number of fused-ring (bicyclic) bond motifs is 1. The monoisotopic (exact) mass is 570 g/mol. The molecule has 0 aromatic heterocycles. The molecule has 0 aliphatic carbocycles. The van der Waals surface area contributed by atoms with Gasteiger partial charge in [0.15, 0.2) is 0 Å². The van der Waals surface area contributed by atoms with Gasteiger partial charge in [-0.1, -0.05) is 50.2 Å². The number of carbonyl (C=O) groups excluding carboxylic acids is 3.